The van der Waals surface area contributed by atoms with E-state index in [1.165, 1.54) is 42.5 Å². The number of nitro benzene ring substituents is 1. The van der Waals surface area contributed by atoms with E-state index < -0.39 is 88.7 Å². The molecule has 0 unspecified atom stereocenters. The second kappa shape index (κ2) is 14.4. The highest BCUT2D eigenvalue weighted by atomic mass is 32.2. The normalized spacial score (nSPS) is 13.1. The molecule has 0 saturated heterocycles. The summed E-state index contributed by atoms with van der Waals surface area (Å²) >= 11 is 0. The van der Waals surface area contributed by atoms with Gasteiger partial charge in [0.2, 0.25) is 10.9 Å². The predicted octanol–water partition coefficient (Wildman–Crippen LogP) is 3.21. The second-order valence-corrected chi connectivity index (χ2v) is 15.7. The van der Waals surface area contributed by atoms with Crippen LogP contribution in [0.15, 0.2) is 136 Å². The molecule has 0 bridgehead atoms. The molecule has 6 aromatic carbocycles. The molecule has 56 heavy (non-hydrogen) atoms. The highest BCUT2D eigenvalue weighted by Crippen LogP contribution is 2.37. The van der Waals surface area contributed by atoms with Crippen LogP contribution in [-0.4, -0.2) is 48.9 Å². The fraction of sp³-hybridized carbons (Fsp3) is 0. The van der Waals surface area contributed by atoms with E-state index in [0.717, 1.165) is 42.5 Å². The molecular formula is C32H21N7O14S3. The highest BCUT2D eigenvalue weighted by Gasteiger charge is 2.21. The lowest BCUT2D eigenvalue weighted by molar-refractivity contribution is -0.384. The van der Waals surface area contributed by atoms with E-state index in [1.807, 2.05) is 0 Å². The number of non-ortho nitro benzene ring substituents is 1. The molecule has 0 radical (unpaired) electrons. The van der Waals surface area contributed by atoms with Gasteiger partial charge in [-0.2, -0.15) is 35.5 Å². The summed E-state index contributed by atoms with van der Waals surface area (Å²) in [7, 11) is -14.6. The lowest BCUT2D eigenvalue weighted by Gasteiger charge is -2.11. The first-order valence-electron chi connectivity index (χ1n) is 15.1. The Morgan fingerprint density at radius 2 is 1.25 bits per heavy atom. The summed E-state index contributed by atoms with van der Waals surface area (Å²) in [4.78, 5) is 35.6. The molecule has 6 N–H and O–H groups in total. The van der Waals surface area contributed by atoms with Crippen molar-refractivity contribution in [2.75, 3.05) is 10.9 Å². The Balaban J connectivity index is 1.55. The van der Waals surface area contributed by atoms with Crippen LogP contribution in [0.25, 0.3) is 21.5 Å². The zero-order valence-electron chi connectivity index (χ0n) is 27.5. The van der Waals surface area contributed by atoms with E-state index in [-0.39, 0.29) is 38.6 Å². The summed E-state index contributed by atoms with van der Waals surface area (Å²) in [5.74, 6) is -0.850. The SMILES string of the molecule is O=c1c(N=Nc2ccc(S(=O)(=O)O)c3ccccc23)c/c(=N/Nc2ccc([N+](=O)[O-])cc2)c(=O)/c1=N/Nc1cc(S(=O)(=O)O)cc2cc(S(=O)(=O)O)cc(O)c12. The van der Waals surface area contributed by atoms with Crippen LogP contribution < -0.4 is 32.4 Å². The van der Waals surface area contributed by atoms with Gasteiger partial charge in [-0.25, -0.2) is 0 Å². The Morgan fingerprint density at radius 1 is 0.643 bits per heavy atom. The predicted molar refractivity (Wildman–Crippen MR) is 196 cm³/mol. The van der Waals surface area contributed by atoms with Gasteiger partial charge in [0.1, 0.15) is 21.7 Å². The summed E-state index contributed by atoms with van der Waals surface area (Å²) in [5, 5.41) is 35.5. The zero-order chi connectivity index (χ0) is 40.7. The molecule has 0 aliphatic carbocycles. The molecule has 0 spiro atoms. The summed E-state index contributed by atoms with van der Waals surface area (Å²) in [5.41, 5.74) is 1.20. The Hall–Kier alpha value is -6.83. The molecule has 0 heterocycles. The van der Waals surface area contributed by atoms with Gasteiger partial charge < -0.3 is 5.11 Å². The van der Waals surface area contributed by atoms with Gasteiger partial charge in [0.15, 0.2) is 5.36 Å². The number of nitro groups is 1. The van der Waals surface area contributed by atoms with Crippen molar-refractivity contribution in [2.45, 2.75) is 14.7 Å². The molecule has 24 heteroatoms. The average molecular weight is 824 g/mol. The van der Waals surface area contributed by atoms with Crippen LogP contribution in [0.3, 0.4) is 0 Å². The summed E-state index contributed by atoms with van der Waals surface area (Å²) < 4.78 is 101. The first-order chi connectivity index (χ1) is 26.2. The number of anilines is 2. The smallest absolute Gasteiger partial charge is 0.295 e. The zero-order valence-corrected chi connectivity index (χ0v) is 29.9. The van der Waals surface area contributed by atoms with Crippen LogP contribution in [0.4, 0.5) is 28.4 Å². The standard InChI is InChI=1S/C32H21N7O14S3/c40-27-14-20(55(48,49)50)12-16-11-19(54(45,46)47)13-24(29(16)27)35-38-30-31(41)25(36-33-17-5-7-18(8-6-17)39(43)44)15-26(32(30)42)37-34-23-9-10-28(56(51,52)53)22-4-2-1-3-21(22)23/h1-15,33,35,40H,(H,45,46,47)(H,48,49,50)(H,51,52,53)/b36-25-,37-34?,38-30-. The molecule has 0 amide bonds. The molecule has 6 aromatic rings. The van der Waals surface area contributed by atoms with Gasteiger partial charge in [0.05, 0.1) is 31.8 Å². The summed E-state index contributed by atoms with van der Waals surface area (Å²) in [6.07, 6.45) is 0. The number of aromatic hydroxyl groups is 1. The topological polar surface area (TPSA) is 334 Å². The quantitative estimate of drug-likeness (QED) is 0.0500. The molecular weight excluding hydrogens is 803 g/mol. The van der Waals surface area contributed by atoms with E-state index in [2.05, 4.69) is 31.3 Å². The number of nitrogens with zero attached hydrogens (tertiary/aromatic N) is 5. The maximum atomic E-state index is 13.7. The third-order valence-electron chi connectivity index (χ3n) is 7.82. The lowest BCUT2D eigenvalue weighted by atomic mass is 10.1. The van der Waals surface area contributed by atoms with Gasteiger partial charge in [0, 0.05) is 40.4 Å². The Kier molecular flexibility index (Phi) is 10.0. The molecule has 0 atom stereocenters. The first kappa shape index (κ1) is 38.9. The second-order valence-electron chi connectivity index (χ2n) is 11.4. The van der Waals surface area contributed by atoms with Crippen LogP contribution in [-0.2, 0) is 30.4 Å². The minimum Gasteiger partial charge on any atom is -0.507 e. The van der Waals surface area contributed by atoms with E-state index in [0.29, 0.717) is 6.07 Å². The maximum absolute atomic E-state index is 13.7. The fourth-order valence-electron chi connectivity index (χ4n) is 5.26. The molecule has 0 aliphatic rings. The van der Waals surface area contributed by atoms with Crippen LogP contribution in [0.2, 0.25) is 0 Å². The number of benzene rings is 6. The van der Waals surface area contributed by atoms with E-state index in [1.54, 1.807) is 0 Å². The molecule has 286 valence electrons. The van der Waals surface area contributed by atoms with Crippen molar-refractivity contribution < 1.29 is 48.9 Å². The van der Waals surface area contributed by atoms with Gasteiger partial charge in [-0.1, -0.05) is 24.3 Å². The van der Waals surface area contributed by atoms with Crippen LogP contribution in [0.1, 0.15) is 0 Å². The van der Waals surface area contributed by atoms with Gasteiger partial charge in [0.25, 0.3) is 36.0 Å². The summed E-state index contributed by atoms with van der Waals surface area (Å²) in [6, 6.07) is 16.7. The van der Waals surface area contributed by atoms with Crippen molar-refractivity contribution in [1.29, 1.82) is 0 Å². The number of nitrogens with one attached hydrogen (secondary N) is 2. The number of hydrogen-bond donors (Lipinski definition) is 6. The lowest BCUT2D eigenvalue weighted by Crippen LogP contribution is -2.48. The van der Waals surface area contributed by atoms with Crippen molar-refractivity contribution in [3.63, 3.8) is 0 Å². The average Bonchev–Trinajstić information content (AvgIpc) is 3.12. The molecule has 0 fully saturated rings. The number of fused-ring (bicyclic) bond motifs is 2. The van der Waals surface area contributed by atoms with Crippen LogP contribution in [0, 0.1) is 10.1 Å². The van der Waals surface area contributed by atoms with Crippen molar-refractivity contribution >= 4 is 80.3 Å². The highest BCUT2D eigenvalue weighted by molar-refractivity contribution is 7.86. The monoisotopic (exact) mass is 823 g/mol. The molecule has 21 nitrogen and oxygen atoms in total. The number of rotatable bonds is 10. The number of hydrogen-bond acceptors (Lipinski definition) is 17. The van der Waals surface area contributed by atoms with Gasteiger partial charge in [-0.05, 0) is 47.9 Å². The van der Waals surface area contributed by atoms with Crippen molar-refractivity contribution in [3.05, 3.63) is 132 Å². The minimum atomic E-state index is -5.03. The first-order valence-corrected chi connectivity index (χ1v) is 19.4. The van der Waals surface area contributed by atoms with Crippen LogP contribution in [0.5, 0.6) is 5.75 Å². The summed E-state index contributed by atoms with van der Waals surface area (Å²) in [6.45, 7) is 0. The van der Waals surface area contributed by atoms with Gasteiger partial charge in [-0.3, -0.25) is 44.2 Å². The number of phenolic OH excluding ortho intramolecular Hbond substituents is 1. The Bertz CT molecular complexity index is 3250. The number of azo groups is 1. The van der Waals surface area contributed by atoms with Crippen LogP contribution >= 0.6 is 0 Å². The van der Waals surface area contributed by atoms with Gasteiger partial charge >= 0.3 is 0 Å². The van der Waals surface area contributed by atoms with E-state index in [4.69, 9.17) is 0 Å². The largest absolute Gasteiger partial charge is 0.507 e. The molecule has 6 rings (SSSR count). The molecule has 0 aromatic heterocycles. The minimum absolute atomic E-state index is 0.00550. The Morgan fingerprint density at radius 3 is 1.86 bits per heavy atom. The molecule has 0 saturated carbocycles. The van der Waals surface area contributed by atoms with E-state index >= 15 is 0 Å². The third kappa shape index (κ3) is 7.99. The van der Waals surface area contributed by atoms with E-state index in [9.17, 15) is 63.7 Å². The van der Waals surface area contributed by atoms with Crippen molar-refractivity contribution in [1.82, 2.24) is 0 Å². The fourth-order valence-corrected chi connectivity index (χ4v) is 7.04. The number of phenols is 1. The maximum Gasteiger partial charge on any atom is 0.295 e. The Labute approximate surface area is 312 Å². The van der Waals surface area contributed by atoms with Crippen molar-refractivity contribution in [3.8, 4) is 5.75 Å². The third-order valence-corrected chi connectivity index (χ3v) is 10.4. The molecule has 0 aliphatic heterocycles. The van der Waals surface area contributed by atoms with Gasteiger partial charge in [-0.15, -0.1) is 10.2 Å². The van der Waals surface area contributed by atoms with Crippen molar-refractivity contribution in [2.24, 2.45) is 20.4 Å².